The molecule has 0 radical (unpaired) electrons. The van der Waals surface area contributed by atoms with Crippen LogP contribution in [0.5, 0.6) is 5.75 Å². The second-order valence-electron chi connectivity index (χ2n) is 7.42. The van der Waals surface area contributed by atoms with Gasteiger partial charge in [0.2, 0.25) is 5.95 Å². The monoisotopic (exact) mass is 366 g/mol. The molecule has 1 saturated heterocycles. The lowest BCUT2D eigenvalue weighted by atomic mass is 9.89. The minimum atomic E-state index is -0.639. The Hall–Kier alpha value is -2.96. The number of para-hydroxylation sites is 1. The number of nitrogens with zero attached hydrogens (tertiary/aromatic N) is 4. The Kier molecular flexibility index (Phi) is 4.09. The molecule has 1 amide bonds. The van der Waals surface area contributed by atoms with Crippen LogP contribution >= 0.6 is 0 Å². The SMILES string of the molecule is Cc1nc(N(C)C)ncc1C(=O)N1CCC2(CC(=O)c3ccccc3O2)C1. The average molecular weight is 366 g/mol. The second-order valence-corrected chi connectivity index (χ2v) is 7.42. The van der Waals surface area contributed by atoms with E-state index < -0.39 is 5.60 Å². The van der Waals surface area contributed by atoms with Gasteiger partial charge >= 0.3 is 0 Å². The number of Topliss-reactive ketones (excluding diaryl/α,β-unsaturated/α-hetero) is 1. The molecule has 0 saturated carbocycles. The number of benzene rings is 1. The van der Waals surface area contributed by atoms with Crippen molar-refractivity contribution in [1.82, 2.24) is 14.9 Å². The molecule has 2 aliphatic rings. The predicted octanol–water partition coefficient (Wildman–Crippen LogP) is 2.10. The number of ether oxygens (including phenoxy) is 1. The van der Waals surface area contributed by atoms with Crippen molar-refractivity contribution in [2.75, 3.05) is 32.1 Å². The number of rotatable bonds is 2. The van der Waals surface area contributed by atoms with Gasteiger partial charge in [-0.1, -0.05) is 12.1 Å². The number of aromatic nitrogens is 2. The Bertz CT molecular complexity index is 927. The number of ketones is 1. The van der Waals surface area contributed by atoms with Crippen LogP contribution in [0.15, 0.2) is 30.5 Å². The highest BCUT2D eigenvalue weighted by Crippen LogP contribution is 2.39. The van der Waals surface area contributed by atoms with Gasteiger partial charge in [0.25, 0.3) is 5.91 Å². The molecule has 27 heavy (non-hydrogen) atoms. The number of likely N-dealkylation sites (tertiary alicyclic amines) is 1. The van der Waals surface area contributed by atoms with Crippen LogP contribution in [-0.2, 0) is 0 Å². The molecule has 7 nitrogen and oxygen atoms in total. The maximum atomic E-state index is 13.0. The first-order valence-electron chi connectivity index (χ1n) is 9.00. The molecule has 1 spiro atoms. The van der Waals surface area contributed by atoms with Crippen molar-refractivity contribution in [2.45, 2.75) is 25.4 Å². The summed E-state index contributed by atoms with van der Waals surface area (Å²) in [6.45, 7) is 2.74. The highest BCUT2D eigenvalue weighted by atomic mass is 16.5. The molecule has 2 aliphatic heterocycles. The van der Waals surface area contributed by atoms with E-state index in [1.165, 1.54) is 0 Å². The fourth-order valence-corrected chi connectivity index (χ4v) is 3.74. The molecule has 1 aromatic heterocycles. The zero-order valence-corrected chi connectivity index (χ0v) is 15.7. The molecule has 3 heterocycles. The molecule has 1 aromatic carbocycles. The van der Waals surface area contributed by atoms with Crippen LogP contribution in [0.1, 0.15) is 39.3 Å². The summed E-state index contributed by atoms with van der Waals surface area (Å²) in [6, 6.07) is 7.30. The van der Waals surface area contributed by atoms with Gasteiger partial charge in [-0.15, -0.1) is 0 Å². The first kappa shape index (κ1) is 17.5. The smallest absolute Gasteiger partial charge is 0.257 e. The van der Waals surface area contributed by atoms with E-state index in [1.54, 1.807) is 22.1 Å². The standard InChI is InChI=1S/C20H22N4O3/c1-13-15(11-21-19(22-13)23(2)3)18(26)24-9-8-20(12-24)10-16(25)14-6-4-5-7-17(14)27-20/h4-7,11H,8-10,12H2,1-3H3. The summed E-state index contributed by atoms with van der Waals surface area (Å²) in [4.78, 5) is 37.7. The molecule has 7 heteroatoms. The molecule has 140 valence electrons. The fourth-order valence-electron chi connectivity index (χ4n) is 3.74. The van der Waals surface area contributed by atoms with Crippen molar-refractivity contribution in [3.8, 4) is 5.75 Å². The Morgan fingerprint density at radius 3 is 2.81 bits per heavy atom. The number of anilines is 1. The van der Waals surface area contributed by atoms with Gasteiger partial charge in [-0.3, -0.25) is 9.59 Å². The number of hydrogen-bond donors (Lipinski definition) is 0. The van der Waals surface area contributed by atoms with Crippen LogP contribution in [0.4, 0.5) is 5.95 Å². The van der Waals surface area contributed by atoms with Crippen molar-refractivity contribution >= 4 is 17.6 Å². The highest BCUT2D eigenvalue weighted by Gasteiger charge is 2.47. The minimum Gasteiger partial charge on any atom is -0.484 e. The van der Waals surface area contributed by atoms with Crippen molar-refractivity contribution in [3.63, 3.8) is 0 Å². The van der Waals surface area contributed by atoms with Crippen molar-refractivity contribution in [1.29, 1.82) is 0 Å². The van der Waals surface area contributed by atoms with Crippen LogP contribution in [0.25, 0.3) is 0 Å². The van der Waals surface area contributed by atoms with E-state index in [9.17, 15) is 9.59 Å². The van der Waals surface area contributed by atoms with E-state index >= 15 is 0 Å². The number of fused-ring (bicyclic) bond motifs is 1. The largest absolute Gasteiger partial charge is 0.484 e. The molecule has 0 bridgehead atoms. The Balaban J connectivity index is 1.55. The maximum Gasteiger partial charge on any atom is 0.257 e. The Morgan fingerprint density at radius 1 is 1.30 bits per heavy atom. The number of carbonyl (C=O) groups is 2. The van der Waals surface area contributed by atoms with Gasteiger partial charge in [-0.25, -0.2) is 9.97 Å². The predicted molar refractivity (Wildman–Crippen MR) is 100 cm³/mol. The van der Waals surface area contributed by atoms with Gasteiger partial charge in [-0.2, -0.15) is 0 Å². The van der Waals surface area contributed by atoms with Crippen LogP contribution in [0.3, 0.4) is 0 Å². The van der Waals surface area contributed by atoms with Crippen LogP contribution in [-0.4, -0.2) is 59.3 Å². The van der Waals surface area contributed by atoms with Gasteiger partial charge in [0.15, 0.2) is 5.78 Å². The van der Waals surface area contributed by atoms with Crippen molar-refractivity contribution in [2.24, 2.45) is 0 Å². The third-order valence-electron chi connectivity index (χ3n) is 5.20. The number of carbonyl (C=O) groups excluding carboxylic acids is 2. The Labute approximate surface area is 158 Å². The fraction of sp³-hybridized carbons (Fsp3) is 0.400. The van der Waals surface area contributed by atoms with Crippen molar-refractivity contribution < 1.29 is 14.3 Å². The lowest BCUT2D eigenvalue weighted by Gasteiger charge is -2.34. The van der Waals surface area contributed by atoms with Crippen LogP contribution in [0.2, 0.25) is 0 Å². The van der Waals surface area contributed by atoms with E-state index in [0.29, 0.717) is 54.4 Å². The first-order valence-corrected chi connectivity index (χ1v) is 9.00. The zero-order valence-electron chi connectivity index (χ0n) is 15.7. The van der Waals surface area contributed by atoms with Gasteiger partial charge < -0.3 is 14.5 Å². The summed E-state index contributed by atoms with van der Waals surface area (Å²) in [7, 11) is 3.71. The third-order valence-corrected chi connectivity index (χ3v) is 5.20. The van der Waals surface area contributed by atoms with Gasteiger partial charge in [-0.05, 0) is 19.1 Å². The summed E-state index contributed by atoms with van der Waals surface area (Å²) < 4.78 is 6.20. The maximum absolute atomic E-state index is 13.0. The number of aryl methyl sites for hydroxylation is 1. The quantitative estimate of drug-likeness (QED) is 0.810. The molecular weight excluding hydrogens is 344 g/mol. The second kappa shape index (κ2) is 6.33. The van der Waals surface area contributed by atoms with Gasteiger partial charge in [0, 0.05) is 33.3 Å². The first-order chi connectivity index (χ1) is 12.9. The topological polar surface area (TPSA) is 75.6 Å². The average Bonchev–Trinajstić information content (AvgIpc) is 3.04. The summed E-state index contributed by atoms with van der Waals surface area (Å²) in [6.07, 6.45) is 2.50. The highest BCUT2D eigenvalue weighted by molar-refractivity contribution is 6.00. The minimum absolute atomic E-state index is 0.0704. The number of amides is 1. The normalized spacial score (nSPS) is 21.1. The molecule has 2 aromatic rings. The zero-order chi connectivity index (χ0) is 19.2. The molecule has 1 atom stereocenters. The lowest BCUT2D eigenvalue weighted by molar-refractivity contribution is 0.0428. The van der Waals surface area contributed by atoms with Crippen LogP contribution in [0, 0.1) is 6.92 Å². The molecule has 1 fully saturated rings. The molecule has 1 unspecified atom stereocenters. The lowest BCUT2D eigenvalue weighted by Crippen LogP contribution is -2.45. The van der Waals surface area contributed by atoms with Gasteiger partial charge in [0.1, 0.15) is 11.4 Å². The molecule has 0 aliphatic carbocycles. The third kappa shape index (κ3) is 3.03. The summed E-state index contributed by atoms with van der Waals surface area (Å²) >= 11 is 0. The summed E-state index contributed by atoms with van der Waals surface area (Å²) in [5.74, 6) is 1.13. The van der Waals surface area contributed by atoms with Gasteiger partial charge in [0.05, 0.1) is 29.8 Å². The van der Waals surface area contributed by atoms with E-state index in [-0.39, 0.29) is 11.7 Å². The van der Waals surface area contributed by atoms with E-state index in [2.05, 4.69) is 9.97 Å². The molecule has 4 rings (SSSR count). The van der Waals surface area contributed by atoms with E-state index in [4.69, 9.17) is 4.74 Å². The van der Waals surface area contributed by atoms with Crippen molar-refractivity contribution in [3.05, 3.63) is 47.3 Å². The van der Waals surface area contributed by atoms with Crippen LogP contribution < -0.4 is 9.64 Å². The Morgan fingerprint density at radius 2 is 2.07 bits per heavy atom. The van der Waals surface area contributed by atoms with E-state index in [0.717, 1.165) is 0 Å². The summed E-state index contributed by atoms with van der Waals surface area (Å²) in [5.41, 5.74) is 1.11. The summed E-state index contributed by atoms with van der Waals surface area (Å²) in [5, 5.41) is 0. The number of hydrogen-bond acceptors (Lipinski definition) is 6. The van der Waals surface area contributed by atoms with E-state index in [1.807, 2.05) is 39.2 Å². The molecule has 0 N–H and O–H groups in total. The molecular formula is C20H22N4O3.